The molecule has 0 fully saturated rings. The zero-order valence-corrected chi connectivity index (χ0v) is 17.2. The molecule has 1 unspecified atom stereocenters. The van der Waals surface area contributed by atoms with Crippen LogP contribution < -0.4 is 15.8 Å². The molecule has 0 spiro atoms. The number of hydrogen-bond acceptors (Lipinski definition) is 5. The van der Waals surface area contributed by atoms with E-state index in [9.17, 15) is 13.8 Å². The van der Waals surface area contributed by atoms with E-state index in [2.05, 4.69) is 20.0 Å². The third kappa shape index (κ3) is 7.92. The Bertz CT molecular complexity index is 876. The number of nitrogens with zero attached hydrogens (tertiary/aromatic N) is 1. The van der Waals surface area contributed by atoms with Crippen molar-refractivity contribution in [3.05, 3.63) is 47.5 Å². The van der Waals surface area contributed by atoms with Crippen LogP contribution in [-0.2, 0) is 33.6 Å². The predicted octanol–water partition coefficient (Wildman–Crippen LogP) is 1.79. The Morgan fingerprint density at radius 2 is 1.97 bits per heavy atom. The van der Waals surface area contributed by atoms with Crippen LogP contribution in [0.1, 0.15) is 43.9 Å². The Labute approximate surface area is 171 Å². The van der Waals surface area contributed by atoms with Crippen molar-refractivity contribution in [3.8, 4) is 0 Å². The second-order valence-corrected chi connectivity index (χ2v) is 8.09. The zero-order chi connectivity index (χ0) is 21.6. The minimum absolute atomic E-state index is 0.00479. The van der Waals surface area contributed by atoms with Crippen molar-refractivity contribution in [3.63, 3.8) is 0 Å². The van der Waals surface area contributed by atoms with Crippen molar-refractivity contribution in [2.24, 2.45) is 5.73 Å². The highest BCUT2D eigenvalue weighted by Crippen LogP contribution is 2.19. The number of H-pyrrole nitrogens is 1. The molecule has 10 nitrogen and oxygen atoms in total. The summed E-state index contributed by atoms with van der Waals surface area (Å²) in [6.45, 7) is 5.28. The van der Waals surface area contributed by atoms with Crippen LogP contribution in [0.25, 0.3) is 0 Å². The maximum Gasteiger partial charge on any atom is 0.408 e. The first-order chi connectivity index (χ1) is 13.5. The molecule has 6 N–H and O–H groups in total. The molecule has 0 aliphatic carbocycles. The third-order valence-electron chi connectivity index (χ3n) is 3.63. The number of ether oxygens (including phenoxy) is 1. The van der Waals surface area contributed by atoms with Gasteiger partial charge in [-0.1, -0.05) is 12.1 Å². The molecule has 1 aromatic heterocycles. The van der Waals surface area contributed by atoms with E-state index in [1.807, 2.05) is 0 Å². The monoisotopic (exact) mass is 423 g/mol. The maximum absolute atomic E-state index is 12.3. The van der Waals surface area contributed by atoms with Crippen LogP contribution >= 0.6 is 0 Å². The van der Waals surface area contributed by atoms with Gasteiger partial charge in [0.1, 0.15) is 11.4 Å². The largest absolute Gasteiger partial charge is 0.444 e. The van der Waals surface area contributed by atoms with Crippen LogP contribution in [0.2, 0.25) is 0 Å². The van der Waals surface area contributed by atoms with E-state index in [-0.39, 0.29) is 6.42 Å². The summed E-state index contributed by atoms with van der Waals surface area (Å²) < 4.78 is 27.4. The van der Waals surface area contributed by atoms with Crippen molar-refractivity contribution in [2.45, 2.75) is 45.3 Å². The summed E-state index contributed by atoms with van der Waals surface area (Å²) in [6.07, 6.45) is 1.26. The van der Waals surface area contributed by atoms with Gasteiger partial charge in [0.05, 0.1) is 12.5 Å². The first-order valence-corrected chi connectivity index (χ1v) is 9.90. The van der Waals surface area contributed by atoms with Gasteiger partial charge in [-0.25, -0.2) is 14.0 Å². The Hall–Kier alpha value is -2.92. The van der Waals surface area contributed by atoms with Crippen LogP contribution in [0.5, 0.6) is 0 Å². The second-order valence-electron chi connectivity index (χ2n) is 7.39. The van der Waals surface area contributed by atoms with Crippen LogP contribution in [0.15, 0.2) is 30.5 Å². The number of aromatic nitrogens is 2. The van der Waals surface area contributed by atoms with Crippen LogP contribution in [-0.4, -0.2) is 36.3 Å². The molecule has 2 atom stereocenters. The number of anilines is 1. The Morgan fingerprint density at radius 1 is 1.31 bits per heavy atom. The van der Waals surface area contributed by atoms with E-state index in [0.29, 0.717) is 23.6 Å². The minimum atomic E-state index is -2.16. The lowest BCUT2D eigenvalue weighted by Crippen LogP contribution is -2.36. The highest BCUT2D eigenvalue weighted by atomic mass is 32.2. The number of benzene rings is 1. The van der Waals surface area contributed by atoms with Gasteiger partial charge in [-0.15, -0.1) is 0 Å². The molecule has 2 amide bonds. The summed E-state index contributed by atoms with van der Waals surface area (Å²) in [7, 11) is 0. The van der Waals surface area contributed by atoms with E-state index in [1.54, 1.807) is 45.0 Å². The number of nitrogens with one attached hydrogen (secondary N) is 3. The fourth-order valence-electron chi connectivity index (χ4n) is 2.54. The number of rotatable bonds is 8. The predicted molar refractivity (Wildman–Crippen MR) is 108 cm³/mol. The number of primary amides is 1. The van der Waals surface area contributed by atoms with Crippen molar-refractivity contribution in [2.75, 3.05) is 4.72 Å². The van der Waals surface area contributed by atoms with Gasteiger partial charge >= 0.3 is 6.09 Å². The number of amides is 2. The van der Waals surface area contributed by atoms with Crippen LogP contribution in [0.4, 0.5) is 10.5 Å². The smallest absolute Gasteiger partial charge is 0.408 e. The first-order valence-electron chi connectivity index (χ1n) is 8.80. The molecule has 29 heavy (non-hydrogen) atoms. The maximum atomic E-state index is 12.3. The van der Waals surface area contributed by atoms with Gasteiger partial charge < -0.3 is 20.8 Å². The van der Waals surface area contributed by atoms with Gasteiger partial charge in [-0.05, 0) is 38.5 Å². The zero-order valence-electron chi connectivity index (χ0n) is 16.4. The van der Waals surface area contributed by atoms with Gasteiger partial charge in [-0.2, -0.15) is 0 Å². The van der Waals surface area contributed by atoms with Gasteiger partial charge in [0.25, 0.3) is 11.3 Å². The van der Waals surface area contributed by atoms with Gasteiger partial charge in [0.2, 0.25) is 5.91 Å². The molecule has 2 rings (SSSR count). The SMILES string of the molecule is CC(C)(C)OC(=O)N[C@@H](Cc1ccc(NS(=O)O)cc1)c1ncc(CC(N)=O)[nH]1. The van der Waals surface area contributed by atoms with E-state index in [0.717, 1.165) is 5.56 Å². The molecule has 0 saturated carbocycles. The topological polar surface area (TPSA) is 159 Å². The summed E-state index contributed by atoms with van der Waals surface area (Å²) >= 11 is -2.16. The molecule has 0 saturated heterocycles. The summed E-state index contributed by atoms with van der Waals surface area (Å²) in [5.74, 6) is -0.0491. The van der Waals surface area contributed by atoms with Crippen molar-refractivity contribution in [1.82, 2.24) is 15.3 Å². The average Bonchev–Trinajstić information content (AvgIpc) is 3.01. The highest BCUT2D eigenvalue weighted by molar-refractivity contribution is 7.80. The van der Waals surface area contributed by atoms with Crippen LogP contribution in [0, 0.1) is 0 Å². The van der Waals surface area contributed by atoms with Gasteiger partial charge in [0, 0.05) is 24.0 Å². The summed E-state index contributed by atoms with van der Waals surface area (Å²) in [6, 6.07) is 6.25. The minimum Gasteiger partial charge on any atom is -0.444 e. The number of nitrogens with two attached hydrogens (primary N) is 1. The van der Waals surface area contributed by atoms with Crippen molar-refractivity contribution in [1.29, 1.82) is 0 Å². The Kier molecular flexibility index (Phi) is 7.35. The highest BCUT2D eigenvalue weighted by Gasteiger charge is 2.23. The van der Waals surface area contributed by atoms with E-state index in [1.165, 1.54) is 6.20 Å². The summed E-state index contributed by atoms with van der Waals surface area (Å²) in [4.78, 5) is 30.6. The Balaban J connectivity index is 2.19. The lowest BCUT2D eigenvalue weighted by Gasteiger charge is -2.23. The Morgan fingerprint density at radius 3 is 2.52 bits per heavy atom. The molecule has 0 aliphatic heterocycles. The van der Waals surface area contributed by atoms with E-state index < -0.39 is 34.9 Å². The number of aromatic amines is 1. The lowest BCUT2D eigenvalue weighted by molar-refractivity contribution is -0.117. The molecule has 158 valence electrons. The molecule has 11 heteroatoms. The average molecular weight is 423 g/mol. The molecular weight excluding hydrogens is 398 g/mol. The molecule has 0 aliphatic rings. The first kappa shape index (κ1) is 22.4. The fraction of sp³-hybridized carbons (Fsp3) is 0.389. The number of hydrogen-bond donors (Lipinski definition) is 5. The molecule has 0 radical (unpaired) electrons. The number of alkyl carbamates (subject to hydrolysis) is 1. The number of carbonyl (C=O) groups is 2. The second kappa shape index (κ2) is 9.52. The molecule has 1 aromatic carbocycles. The molecule has 2 aromatic rings. The quantitative estimate of drug-likeness (QED) is 0.407. The standard InChI is InChI=1S/C18H25N5O5S/c1-18(2,3)28-17(25)22-14(16-20-10-13(21-16)9-15(19)24)8-11-4-6-12(7-5-11)23-29(26)27/h4-7,10,14,23H,8-9H2,1-3H3,(H2,19,24)(H,20,21)(H,22,25)(H,26,27)/t14-/m0/s1. The molecular formula is C18H25N5O5S. The van der Waals surface area contributed by atoms with E-state index in [4.69, 9.17) is 15.0 Å². The molecule has 0 bridgehead atoms. The van der Waals surface area contributed by atoms with E-state index >= 15 is 0 Å². The normalized spacial score (nSPS) is 13.4. The van der Waals surface area contributed by atoms with Crippen LogP contribution in [0.3, 0.4) is 0 Å². The lowest BCUT2D eigenvalue weighted by atomic mass is 10.1. The number of carbonyl (C=O) groups excluding carboxylic acids is 2. The number of imidazole rings is 1. The molecule has 1 heterocycles. The third-order valence-corrected chi connectivity index (χ3v) is 4.04. The summed E-state index contributed by atoms with van der Waals surface area (Å²) in [5.41, 5.74) is 6.40. The van der Waals surface area contributed by atoms with Gasteiger partial charge in [0.15, 0.2) is 0 Å². The van der Waals surface area contributed by atoms with Crippen molar-refractivity contribution >= 4 is 29.0 Å². The van der Waals surface area contributed by atoms with Gasteiger partial charge in [-0.3, -0.25) is 14.1 Å². The van der Waals surface area contributed by atoms with Crippen molar-refractivity contribution < 1.29 is 23.1 Å². The fourth-order valence-corrected chi connectivity index (χ4v) is 2.88. The summed E-state index contributed by atoms with van der Waals surface area (Å²) in [5, 5.41) is 2.78.